The minimum Gasteiger partial charge on any atom is -0.247 e. The van der Waals surface area contributed by atoms with E-state index in [1.807, 2.05) is 0 Å². The molecule has 0 aromatic heterocycles. The summed E-state index contributed by atoms with van der Waals surface area (Å²) in [6.45, 7) is 9.42. The van der Waals surface area contributed by atoms with Gasteiger partial charge in [-0.15, -0.1) is 0 Å². The van der Waals surface area contributed by atoms with Crippen LogP contribution < -0.4 is 0 Å². The Morgan fingerprint density at radius 2 is 1.81 bits per heavy atom. The largest absolute Gasteiger partial charge is 0.247 e. The highest BCUT2D eigenvalue weighted by molar-refractivity contribution is 5.21. The fourth-order valence-electron chi connectivity index (χ4n) is 7.11. The number of alkyl halides is 1. The van der Waals surface area contributed by atoms with Gasteiger partial charge in [0.2, 0.25) is 0 Å². The molecule has 0 spiro atoms. The summed E-state index contributed by atoms with van der Waals surface area (Å²) in [5.74, 6) is 3.31. The smallest absolute Gasteiger partial charge is 0.100 e. The van der Waals surface area contributed by atoms with Crippen LogP contribution in [0.5, 0.6) is 0 Å². The van der Waals surface area contributed by atoms with Gasteiger partial charge in [0, 0.05) is 0 Å². The molecule has 0 bridgehead atoms. The van der Waals surface area contributed by atoms with Crippen molar-refractivity contribution in [2.24, 2.45) is 34.5 Å². The summed E-state index contributed by atoms with van der Waals surface area (Å²) in [7, 11) is 0. The molecule has 4 rings (SSSR count). The standard InChI is InChI=1S/C20H31F/c1-13-4-7-17-16-6-5-14-12-15(21)8-10-20(14,3)18(16)9-11-19(13,17)2/h14-18H,1,4-12H2,2-3H3/t14-,15-,16?,17?,18?,19+,20?/m0/s1. The number of halogens is 1. The fourth-order valence-corrected chi connectivity index (χ4v) is 7.11. The third kappa shape index (κ3) is 1.85. The lowest BCUT2D eigenvalue weighted by molar-refractivity contribution is -0.108. The van der Waals surface area contributed by atoms with E-state index in [9.17, 15) is 4.39 Å². The van der Waals surface area contributed by atoms with E-state index in [2.05, 4.69) is 20.4 Å². The highest BCUT2D eigenvalue weighted by Crippen LogP contribution is 2.67. The minimum absolute atomic E-state index is 0.432. The summed E-state index contributed by atoms with van der Waals surface area (Å²) >= 11 is 0. The van der Waals surface area contributed by atoms with Gasteiger partial charge in [0.25, 0.3) is 0 Å². The Hall–Kier alpha value is -0.330. The Morgan fingerprint density at radius 1 is 1.00 bits per heavy atom. The van der Waals surface area contributed by atoms with Gasteiger partial charge in [0.15, 0.2) is 0 Å². The van der Waals surface area contributed by atoms with Crippen LogP contribution in [0, 0.1) is 34.5 Å². The van der Waals surface area contributed by atoms with Crippen LogP contribution >= 0.6 is 0 Å². The van der Waals surface area contributed by atoms with Crippen molar-refractivity contribution in [2.75, 3.05) is 0 Å². The van der Waals surface area contributed by atoms with Crippen LogP contribution in [0.25, 0.3) is 0 Å². The van der Waals surface area contributed by atoms with Crippen molar-refractivity contribution in [3.8, 4) is 0 Å². The highest BCUT2D eigenvalue weighted by Gasteiger charge is 2.58. The average Bonchev–Trinajstić information content (AvgIpc) is 2.76. The summed E-state index contributed by atoms with van der Waals surface area (Å²) in [5.41, 5.74) is 2.41. The molecule has 0 aliphatic heterocycles. The van der Waals surface area contributed by atoms with Crippen LogP contribution in [0.1, 0.15) is 71.6 Å². The second-order valence-electron chi connectivity index (χ2n) is 9.13. The molecule has 0 nitrogen and oxygen atoms in total. The van der Waals surface area contributed by atoms with Crippen molar-refractivity contribution >= 4 is 0 Å². The maximum atomic E-state index is 13.9. The second-order valence-corrected chi connectivity index (χ2v) is 9.13. The zero-order valence-electron chi connectivity index (χ0n) is 13.8. The molecule has 4 saturated carbocycles. The van der Waals surface area contributed by atoms with E-state index in [0.717, 1.165) is 37.0 Å². The molecule has 118 valence electrons. The first-order chi connectivity index (χ1) is 9.95. The zero-order valence-corrected chi connectivity index (χ0v) is 13.8. The average molecular weight is 290 g/mol. The summed E-state index contributed by atoms with van der Waals surface area (Å²) < 4.78 is 13.9. The zero-order chi connectivity index (χ0) is 14.8. The van der Waals surface area contributed by atoms with Crippen LogP contribution in [0.4, 0.5) is 4.39 Å². The molecule has 4 aliphatic rings. The van der Waals surface area contributed by atoms with E-state index in [0.29, 0.717) is 16.7 Å². The molecule has 4 aliphatic carbocycles. The molecule has 4 fully saturated rings. The molecule has 4 unspecified atom stereocenters. The van der Waals surface area contributed by atoms with Gasteiger partial charge < -0.3 is 0 Å². The van der Waals surface area contributed by atoms with Gasteiger partial charge in [-0.05, 0) is 92.3 Å². The minimum atomic E-state index is -0.514. The van der Waals surface area contributed by atoms with E-state index in [-0.39, 0.29) is 0 Å². The molecule has 0 N–H and O–H groups in total. The molecular weight excluding hydrogens is 259 g/mol. The Labute approximate surface area is 129 Å². The van der Waals surface area contributed by atoms with Gasteiger partial charge in [0.05, 0.1) is 0 Å². The van der Waals surface area contributed by atoms with E-state index in [1.165, 1.54) is 44.1 Å². The van der Waals surface area contributed by atoms with Gasteiger partial charge in [-0.3, -0.25) is 0 Å². The first-order valence-electron chi connectivity index (χ1n) is 9.27. The van der Waals surface area contributed by atoms with Crippen LogP contribution in [-0.2, 0) is 0 Å². The second kappa shape index (κ2) is 4.59. The highest BCUT2D eigenvalue weighted by atomic mass is 19.1. The van der Waals surface area contributed by atoms with Crippen LogP contribution in [0.3, 0.4) is 0 Å². The molecule has 0 radical (unpaired) electrons. The summed E-state index contributed by atoms with van der Waals surface area (Å²) in [6, 6.07) is 0. The molecule has 0 saturated heterocycles. The van der Waals surface area contributed by atoms with Gasteiger partial charge in [-0.2, -0.15) is 0 Å². The molecule has 0 amide bonds. The van der Waals surface area contributed by atoms with Crippen molar-refractivity contribution in [1.82, 2.24) is 0 Å². The first-order valence-corrected chi connectivity index (χ1v) is 9.27. The molecule has 1 heteroatoms. The van der Waals surface area contributed by atoms with E-state index >= 15 is 0 Å². The van der Waals surface area contributed by atoms with Gasteiger partial charge in [-0.25, -0.2) is 4.39 Å². The SMILES string of the molecule is C=C1CCC2C3CC[C@H]4C[C@@H](F)CCC4(C)C3CC[C@]12C. The third-order valence-electron chi connectivity index (χ3n) is 8.56. The Kier molecular flexibility index (Phi) is 3.12. The molecule has 0 aromatic carbocycles. The Morgan fingerprint density at radius 3 is 2.62 bits per heavy atom. The molecule has 7 atom stereocenters. The Bertz CT molecular complexity index is 455. The first kappa shape index (κ1) is 14.3. The number of hydrogen-bond acceptors (Lipinski definition) is 0. The lowest BCUT2D eigenvalue weighted by Crippen LogP contribution is -2.53. The lowest BCUT2D eigenvalue weighted by Gasteiger charge is -2.60. The number of rotatable bonds is 0. The topological polar surface area (TPSA) is 0 Å². The van der Waals surface area contributed by atoms with Crippen molar-refractivity contribution < 1.29 is 4.39 Å². The third-order valence-corrected chi connectivity index (χ3v) is 8.56. The van der Waals surface area contributed by atoms with Gasteiger partial charge >= 0.3 is 0 Å². The number of hydrogen-bond donors (Lipinski definition) is 0. The van der Waals surface area contributed by atoms with Crippen LogP contribution in [-0.4, -0.2) is 6.17 Å². The predicted octanol–water partition coefficient (Wildman–Crippen LogP) is 5.92. The van der Waals surface area contributed by atoms with Crippen molar-refractivity contribution in [3.63, 3.8) is 0 Å². The van der Waals surface area contributed by atoms with E-state index in [1.54, 1.807) is 0 Å². The summed E-state index contributed by atoms with van der Waals surface area (Å²) in [6.07, 6.45) is 10.3. The molecule has 21 heavy (non-hydrogen) atoms. The van der Waals surface area contributed by atoms with Gasteiger partial charge in [-0.1, -0.05) is 26.0 Å². The quantitative estimate of drug-likeness (QED) is 0.485. The van der Waals surface area contributed by atoms with E-state index < -0.39 is 6.17 Å². The van der Waals surface area contributed by atoms with Crippen LogP contribution in [0.15, 0.2) is 12.2 Å². The maximum Gasteiger partial charge on any atom is 0.100 e. The monoisotopic (exact) mass is 290 g/mol. The molecule has 0 aromatic rings. The van der Waals surface area contributed by atoms with Crippen LogP contribution in [0.2, 0.25) is 0 Å². The summed E-state index contributed by atoms with van der Waals surface area (Å²) in [5, 5.41) is 0. The predicted molar refractivity (Wildman–Crippen MR) is 85.8 cm³/mol. The maximum absolute atomic E-state index is 13.9. The van der Waals surface area contributed by atoms with Crippen molar-refractivity contribution in [1.29, 1.82) is 0 Å². The number of allylic oxidation sites excluding steroid dienone is 1. The summed E-state index contributed by atoms with van der Waals surface area (Å²) in [4.78, 5) is 0. The molecule has 0 heterocycles. The van der Waals surface area contributed by atoms with Crippen molar-refractivity contribution in [2.45, 2.75) is 77.8 Å². The van der Waals surface area contributed by atoms with E-state index in [4.69, 9.17) is 0 Å². The lowest BCUT2D eigenvalue weighted by atomic mass is 9.45. The van der Waals surface area contributed by atoms with Crippen molar-refractivity contribution in [3.05, 3.63) is 12.2 Å². The Balaban J connectivity index is 1.64. The number of fused-ring (bicyclic) bond motifs is 5. The normalized spacial score (nSPS) is 56.5. The molecular formula is C20H31F. The fraction of sp³-hybridized carbons (Fsp3) is 0.900. The van der Waals surface area contributed by atoms with Gasteiger partial charge in [0.1, 0.15) is 6.17 Å².